The summed E-state index contributed by atoms with van der Waals surface area (Å²) in [7, 11) is 1.85. The molecule has 0 saturated carbocycles. The fraction of sp³-hybridized carbons (Fsp3) is 0.421. The number of likely N-dealkylation sites (tertiary alicyclic amines) is 1. The SMILES string of the molecule is Cc1ccccc1OCC1(O)CCCN(C(=O)c2cccn2C)C1. The molecule has 1 aliphatic rings. The Bertz CT molecular complexity index is 725. The van der Waals surface area contributed by atoms with E-state index in [-0.39, 0.29) is 12.5 Å². The lowest BCUT2D eigenvalue weighted by molar-refractivity contribution is -0.0534. The van der Waals surface area contributed by atoms with Gasteiger partial charge in [0.2, 0.25) is 0 Å². The Labute approximate surface area is 142 Å². The highest BCUT2D eigenvalue weighted by Crippen LogP contribution is 2.25. The molecule has 2 aromatic rings. The summed E-state index contributed by atoms with van der Waals surface area (Å²) in [5.41, 5.74) is 0.661. The van der Waals surface area contributed by atoms with Crippen molar-refractivity contribution < 1.29 is 14.6 Å². The molecule has 1 saturated heterocycles. The number of piperidine rings is 1. The third kappa shape index (κ3) is 3.46. The minimum atomic E-state index is -1.01. The van der Waals surface area contributed by atoms with Crippen molar-refractivity contribution in [2.75, 3.05) is 19.7 Å². The summed E-state index contributed by atoms with van der Waals surface area (Å²) >= 11 is 0. The van der Waals surface area contributed by atoms with Crippen LogP contribution in [0.4, 0.5) is 0 Å². The molecule has 1 amide bonds. The number of aliphatic hydroxyl groups is 1. The zero-order chi connectivity index (χ0) is 17.2. The molecule has 1 aliphatic heterocycles. The highest BCUT2D eigenvalue weighted by molar-refractivity contribution is 5.92. The molecule has 1 aromatic heterocycles. The maximum absolute atomic E-state index is 12.7. The van der Waals surface area contributed by atoms with Gasteiger partial charge in [-0.2, -0.15) is 0 Å². The Balaban J connectivity index is 1.67. The minimum Gasteiger partial charge on any atom is -0.490 e. The molecular formula is C19H24N2O3. The van der Waals surface area contributed by atoms with E-state index in [9.17, 15) is 9.90 Å². The number of ether oxygens (including phenoxy) is 1. The monoisotopic (exact) mass is 328 g/mol. The second-order valence-electron chi connectivity index (χ2n) is 6.61. The van der Waals surface area contributed by atoms with Gasteiger partial charge in [0.1, 0.15) is 23.7 Å². The Morgan fingerprint density at radius 1 is 1.29 bits per heavy atom. The molecule has 128 valence electrons. The van der Waals surface area contributed by atoms with E-state index in [0.29, 0.717) is 25.2 Å². The van der Waals surface area contributed by atoms with Crippen molar-refractivity contribution in [3.05, 3.63) is 53.9 Å². The molecule has 24 heavy (non-hydrogen) atoms. The molecule has 0 aliphatic carbocycles. The third-order valence-electron chi connectivity index (χ3n) is 4.60. The number of hydrogen-bond acceptors (Lipinski definition) is 3. The molecule has 1 aromatic carbocycles. The molecule has 3 rings (SSSR count). The molecule has 0 bridgehead atoms. The number of nitrogens with zero attached hydrogens (tertiary/aromatic N) is 2. The van der Waals surface area contributed by atoms with Gasteiger partial charge in [0.25, 0.3) is 5.91 Å². The van der Waals surface area contributed by atoms with Crippen molar-refractivity contribution in [2.24, 2.45) is 7.05 Å². The maximum Gasteiger partial charge on any atom is 0.270 e. The fourth-order valence-corrected chi connectivity index (χ4v) is 3.18. The second-order valence-corrected chi connectivity index (χ2v) is 6.61. The minimum absolute atomic E-state index is 0.0449. The van der Waals surface area contributed by atoms with Crippen LogP contribution in [-0.4, -0.2) is 45.8 Å². The number of aromatic nitrogens is 1. The maximum atomic E-state index is 12.7. The van der Waals surface area contributed by atoms with Gasteiger partial charge < -0.3 is 19.3 Å². The van der Waals surface area contributed by atoms with E-state index < -0.39 is 5.60 Å². The molecule has 1 N–H and O–H groups in total. The van der Waals surface area contributed by atoms with Crippen LogP contribution in [-0.2, 0) is 7.05 Å². The van der Waals surface area contributed by atoms with E-state index in [0.717, 1.165) is 17.7 Å². The van der Waals surface area contributed by atoms with Gasteiger partial charge in [0.05, 0.1) is 6.54 Å². The third-order valence-corrected chi connectivity index (χ3v) is 4.60. The molecule has 0 radical (unpaired) electrons. The summed E-state index contributed by atoms with van der Waals surface area (Å²) in [4.78, 5) is 14.4. The van der Waals surface area contributed by atoms with Crippen molar-refractivity contribution in [3.63, 3.8) is 0 Å². The summed E-state index contributed by atoms with van der Waals surface area (Å²) < 4.78 is 7.63. The number of carbonyl (C=O) groups excluding carboxylic acids is 1. The fourth-order valence-electron chi connectivity index (χ4n) is 3.18. The summed E-state index contributed by atoms with van der Waals surface area (Å²) in [6, 6.07) is 11.4. The molecule has 0 spiro atoms. The van der Waals surface area contributed by atoms with Gasteiger partial charge in [-0.25, -0.2) is 0 Å². The van der Waals surface area contributed by atoms with Gasteiger partial charge in [-0.1, -0.05) is 18.2 Å². The lowest BCUT2D eigenvalue weighted by Crippen LogP contribution is -2.53. The highest BCUT2D eigenvalue weighted by atomic mass is 16.5. The highest BCUT2D eigenvalue weighted by Gasteiger charge is 2.36. The summed E-state index contributed by atoms with van der Waals surface area (Å²) in [5, 5.41) is 10.9. The number of rotatable bonds is 4. The summed E-state index contributed by atoms with van der Waals surface area (Å²) in [6.45, 7) is 3.12. The average Bonchev–Trinajstić information content (AvgIpc) is 2.99. The number of amides is 1. The smallest absolute Gasteiger partial charge is 0.270 e. The average molecular weight is 328 g/mol. The molecule has 1 unspecified atom stereocenters. The first-order valence-corrected chi connectivity index (χ1v) is 8.30. The molecule has 1 atom stereocenters. The van der Waals surface area contributed by atoms with Crippen molar-refractivity contribution in [1.82, 2.24) is 9.47 Å². The van der Waals surface area contributed by atoms with Crippen LogP contribution in [0.5, 0.6) is 5.75 Å². The predicted molar refractivity (Wildman–Crippen MR) is 92.2 cm³/mol. The Hall–Kier alpha value is -2.27. The van der Waals surface area contributed by atoms with Gasteiger partial charge in [-0.05, 0) is 43.5 Å². The van der Waals surface area contributed by atoms with Crippen molar-refractivity contribution >= 4 is 5.91 Å². The largest absolute Gasteiger partial charge is 0.490 e. The molecular weight excluding hydrogens is 304 g/mol. The van der Waals surface area contributed by atoms with Gasteiger partial charge in [-0.3, -0.25) is 4.79 Å². The van der Waals surface area contributed by atoms with Crippen LogP contribution in [0.15, 0.2) is 42.6 Å². The molecule has 5 nitrogen and oxygen atoms in total. The van der Waals surface area contributed by atoms with E-state index in [4.69, 9.17) is 4.74 Å². The van der Waals surface area contributed by atoms with E-state index in [2.05, 4.69) is 0 Å². The van der Waals surface area contributed by atoms with Crippen LogP contribution in [0.3, 0.4) is 0 Å². The summed E-state index contributed by atoms with van der Waals surface area (Å²) in [6.07, 6.45) is 3.25. The normalized spacial score (nSPS) is 20.9. The Morgan fingerprint density at radius 2 is 2.08 bits per heavy atom. The van der Waals surface area contributed by atoms with Gasteiger partial charge in [-0.15, -0.1) is 0 Å². The van der Waals surface area contributed by atoms with Crippen LogP contribution < -0.4 is 4.74 Å². The molecule has 1 fully saturated rings. The summed E-state index contributed by atoms with van der Waals surface area (Å²) in [5.74, 6) is 0.730. The number of hydrogen-bond donors (Lipinski definition) is 1. The number of β-amino-alcohol motifs (C(OH)–C–C–N with tert-alkyl or cyclic N) is 1. The first-order chi connectivity index (χ1) is 11.5. The van der Waals surface area contributed by atoms with Crippen LogP contribution in [0, 0.1) is 6.92 Å². The second kappa shape index (κ2) is 6.69. The molecule has 5 heteroatoms. The number of carbonyl (C=O) groups is 1. The number of para-hydroxylation sites is 1. The lowest BCUT2D eigenvalue weighted by atomic mass is 9.93. The van der Waals surface area contributed by atoms with Crippen LogP contribution in [0.2, 0.25) is 0 Å². The predicted octanol–water partition coefficient (Wildman–Crippen LogP) is 2.38. The van der Waals surface area contributed by atoms with Gasteiger partial charge in [0, 0.05) is 19.8 Å². The van der Waals surface area contributed by atoms with E-state index in [1.54, 1.807) is 15.5 Å². The van der Waals surface area contributed by atoms with E-state index >= 15 is 0 Å². The number of benzene rings is 1. The van der Waals surface area contributed by atoms with Crippen LogP contribution in [0.1, 0.15) is 28.9 Å². The molecule has 2 heterocycles. The Morgan fingerprint density at radius 3 is 2.79 bits per heavy atom. The standard InChI is InChI=1S/C19H24N2O3/c1-15-7-3-4-9-17(15)24-14-19(23)10-6-12-21(13-19)18(22)16-8-5-11-20(16)2/h3-5,7-9,11,23H,6,10,12-14H2,1-2H3. The van der Waals surface area contributed by atoms with Crippen molar-refractivity contribution in [2.45, 2.75) is 25.4 Å². The van der Waals surface area contributed by atoms with Crippen LogP contribution in [0.25, 0.3) is 0 Å². The van der Waals surface area contributed by atoms with Gasteiger partial charge in [0.15, 0.2) is 0 Å². The quantitative estimate of drug-likeness (QED) is 0.937. The number of aryl methyl sites for hydroxylation is 2. The zero-order valence-corrected chi connectivity index (χ0v) is 14.2. The van der Waals surface area contributed by atoms with E-state index in [1.807, 2.05) is 50.5 Å². The topological polar surface area (TPSA) is 54.7 Å². The zero-order valence-electron chi connectivity index (χ0n) is 14.2. The van der Waals surface area contributed by atoms with Crippen LogP contribution >= 0.6 is 0 Å². The van der Waals surface area contributed by atoms with Crippen molar-refractivity contribution in [3.8, 4) is 5.75 Å². The van der Waals surface area contributed by atoms with Crippen molar-refractivity contribution in [1.29, 1.82) is 0 Å². The first-order valence-electron chi connectivity index (χ1n) is 8.30. The van der Waals surface area contributed by atoms with E-state index in [1.165, 1.54) is 0 Å². The first kappa shape index (κ1) is 16.6. The Kier molecular flexibility index (Phi) is 4.62. The van der Waals surface area contributed by atoms with Gasteiger partial charge >= 0.3 is 0 Å². The lowest BCUT2D eigenvalue weighted by Gasteiger charge is -2.39.